The van der Waals surface area contributed by atoms with Gasteiger partial charge in [-0.15, -0.1) is 10.2 Å². The summed E-state index contributed by atoms with van der Waals surface area (Å²) in [5.74, 6) is 2.93. The van der Waals surface area contributed by atoms with Crippen molar-refractivity contribution in [2.24, 2.45) is 11.8 Å². The van der Waals surface area contributed by atoms with Crippen molar-refractivity contribution in [2.75, 3.05) is 18.0 Å². The first kappa shape index (κ1) is 18.6. The van der Waals surface area contributed by atoms with E-state index in [9.17, 15) is 0 Å². The highest BCUT2D eigenvalue weighted by Gasteiger charge is 2.27. The maximum atomic E-state index is 9.10. The van der Waals surface area contributed by atoms with E-state index in [-0.39, 0.29) is 0 Å². The molecule has 7 nitrogen and oxygen atoms in total. The van der Waals surface area contributed by atoms with Crippen LogP contribution in [-0.4, -0.2) is 32.8 Å². The number of hydrogen-bond acceptors (Lipinski definition) is 7. The van der Waals surface area contributed by atoms with E-state index in [1.807, 2.05) is 24.3 Å². The van der Waals surface area contributed by atoms with Crippen LogP contribution < -0.4 is 4.90 Å². The van der Waals surface area contributed by atoms with E-state index < -0.39 is 0 Å². The monoisotopic (exact) mass is 394 g/mol. The molecule has 3 aromatic heterocycles. The summed E-state index contributed by atoms with van der Waals surface area (Å²) < 4.78 is 7.65. The molecule has 144 valence electrons. The van der Waals surface area contributed by atoms with Gasteiger partial charge in [-0.3, -0.25) is 4.57 Å². The lowest BCUT2D eigenvalue weighted by molar-refractivity contribution is 0.350. The van der Waals surface area contributed by atoms with Crippen LogP contribution in [0.15, 0.2) is 51.2 Å². The molecular weight excluding hydrogens is 372 g/mol. The predicted molar refractivity (Wildman–Crippen MR) is 106 cm³/mol. The molecule has 0 spiro atoms. The molecule has 0 bridgehead atoms. The molecule has 0 aliphatic carbocycles. The van der Waals surface area contributed by atoms with Gasteiger partial charge in [-0.2, -0.15) is 5.26 Å². The fraction of sp³-hybridized carbons (Fsp3) is 0.400. The summed E-state index contributed by atoms with van der Waals surface area (Å²) in [5, 5.41) is 19.5. The van der Waals surface area contributed by atoms with Gasteiger partial charge in [0.05, 0.1) is 12.8 Å². The summed E-state index contributed by atoms with van der Waals surface area (Å²) in [6.07, 6.45) is 2.91. The first-order chi connectivity index (χ1) is 13.6. The van der Waals surface area contributed by atoms with E-state index in [1.165, 1.54) is 18.2 Å². The minimum Gasteiger partial charge on any atom is -0.467 e. The summed E-state index contributed by atoms with van der Waals surface area (Å²) in [5.41, 5.74) is 0.390. The number of aromatic nitrogens is 4. The van der Waals surface area contributed by atoms with Gasteiger partial charge in [0, 0.05) is 13.1 Å². The number of hydrogen-bond donors (Lipinski definition) is 0. The van der Waals surface area contributed by atoms with Crippen molar-refractivity contribution >= 4 is 17.7 Å². The van der Waals surface area contributed by atoms with E-state index in [1.54, 1.807) is 12.3 Å². The Balaban J connectivity index is 1.67. The normalized spacial score (nSPS) is 19.5. The molecule has 4 heterocycles. The Bertz CT molecular complexity index is 967. The summed E-state index contributed by atoms with van der Waals surface area (Å²) in [6.45, 7) is 7.04. The van der Waals surface area contributed by atoms with Crippen LogP contribution in [0.2, 0.25) is 0 Å². The summed E-state index contributed by atoms with van der Waals surface area (Å²) in [7, 11) is 0. The highest BCUT2D eigenvalue weighted by atomic mass is 32.2. The SMILES string of the molecule is CC1CC(C)CN(c2nnc(Sc3cccc(C#N)n3)n2Cc2ccco2)C1. The highest BCUT2D eigenvalue weighted by Crippen LogP contribution is 2.31. The van der Waals surface area contributed by atoms with Gasteiger partial charge in [0.15, 0.2) is 5.16 Å². The van der Waals surface area contributed by atoms with Crippen LogP contribution in [0.5, 0.6) is 0 Å². The molecule has 3 aromatic rings. The molecule has 2 unspecified atom stereocenters. The summed E-state index contributed by atoms with van der Waals surface area (Å²) >= 11 is 1.41. The van der Waals surface area contributed by atoms with Crippen LogP contribution >= 0.6 is 11.8 Å². The van der Waals surface area contributed by atoms with Crippen molar-refractivity contribution in [2.45, 2.75) is 37.0 Å². The zero-order chi connectivity index (χ0) is 19.5. The quantitative estimate of drug-likeness (QED) is 0.650. The first-order valence-corrected chi connectivity index (χ1v) is 10.2. The van der Waals surface area contributed by atoms with Crippen molar-refractivity contribution in [3.8, 4) is 6.07 Å². The zero-order valence-corrected chi connectivity index (χ0v) is 16.8. The number of rotatable bonds is 5. The molecule has 2 atom stereocenters. The van der Waals surface area contributed by atoms with Crippen molar-refractivity contribution in [3.05, 3.63) is 48.0 Å². The number of nitriles is 1. The molecule has 0 saturated carbocycles. The molecule has 1 aliphatic rings. The third-order valence-corrected chi connectivity index (χ3v) is 5.70. The Morgan fingerprint density at radius 2 is 2.00 bits per heavy atom. The van der Waals surface area contributed by atoms with E-state index >= 15 is 0 Å². The topological polar surface area (TPSA) is 83.8 Å². The Hall–Kier alpha value is -2.79. The number of furan rings is 1. The minimum atomic E-state index is 0.390. The molecule has 0 aromatic carbocycles. The molecule has 0 amide bonds. The Labute approximate surface area is 168 Å². The number of nitrogens with zero attached hydrogens (tertiary/aromatic N) is 6. The molecule has 1 saturated heterocycles. The van der Waals surface area contributed by atoms with Crippen LogP contribution in [0.25, 0.3) is 0 Å². The average Bonchev–Trinajstić information content (AvgIpc) is 3.32. The lowest BCUT2D eigenvalue weighted by Gasteiger charge is -2.35. The maximum Gasteiger partial charge on any atom is 0.228 e. The van der Waals surface area contributed by atoms with Gasteiger partial charge in [-0.05, 0) is 54.3 Å². The maximum absolute atomic E-state index is 9.10. The van der Waals surface area contributed by atoms with Crippen molar-refractivity contribution in [3.63, 3.8) is 0 Å². The van der Waals surface area contributed by atoms with E-state index in [2.05, 4.69) is 44.6 Å². The molecule has 1 fully saturated rings. The fourth-order valence-corrected chi connectivity index (χ4v) is 4.56. The second-order valence-corrected chi connectivity index (χ2v) is 8.36. The molecule has 8 heteroatoms. The zero-order valence-electron chi connectivity index (χ0n) is 15.9. The van der Waals surface area contributed by atoms with Crippen LogP contribution in [-0.2, 0) is 6.54 Å². The minimum absolute atomic E-state index is 0.390. The lowest BCUT2D eigenvalue weighted by Crippen LogP contribution is -2.40. The number of pyridine rings is 1. The van der Waals surface area contributed by atoms with Gasteiger partial charge in [-0.25, -0.2) is 4.98 Å². The third kappa shape index (κ3) is 4.04. The largest absolute Gasteiger partial charge is 0.467 e. The van der Waals surface area contributed by atoms with Crippen molar-refractivity contribution in [1.29, 1.82) is 5.26 Å². The lowest BCUT2D eigenvalue weighted by atomic mass is 9.92. The molecule has 4 rings (SSSR count). The van der Waals surface area contributed by atoms with Crippen LogP contribution in [0.3, 0.4) is 0 Å². The average molecular weight is 395 g/mol. The van der Waals surface area contributed by atoms with E-state index in [4.69, 9.17) is 9.68 Å². The van der Waals surface area contributed by atoms with Gasteiger partial charge < -0.3 is 9.32 Å². The van der Waals surface area contributed by atoms with Gasteiger partial charge in [-0.1, -0.05) is 19.9 Å². The molecular formula is C20H22N6OS. The molecule has 1 aliphatic heterocycles. The van der Waals surface area contributed by atoms with Crippen LogP contribution in [0.4, 0.5) is 5.95 Å². The Morgan fingerprint density at radius 3 is 2.71 bits per heavy atom. The van der Waals surface area contributed by atoms with Gasteiger partial charge >= 0.3 is 0 Å². The van der Waals surface area contributed by atoms with Gasteiger partial charge in [0.1, 0.15) is 22.5 Å². The van der Waals surface area contributed by atoms with Gasteiger partial charge in [0.2, 0.25) is 5.95 Å². The molecule has 0 N–H and O–H groups in total. The molecule has 28 heavy (non-hydrogen) atoms. The smallest absolute Gasteiger partial charge is 0.228 e. The predicted octanol–water partition coefficient (Wildman–Crippen LogP) is 3.82. The number of anilines is 1. The standard InChI is InChI=1S/C20H22N6OS/c1-14-9-15(2)12-25(11-14)19-23-24-20(26(19)13-17-6-4-8-27-17)28-18-7-3-5-16(10-21)22-18/h3-8,14-15H,9,11-13H2,1-2H3. The second-order valence-electron chi connectivity index (χ2n) is 7.37. The number of piperidine rings is 1. The van der Waals surface area contributed by atoms with Gasteiger partial charge in [0.25, 0.3) is 0 Å². The Morgan fingerprint density at radius 1 is 1.18 bits per heavy atom. The van der Waals surface area contributed by atoms with Crippen LogP contribution in [0.1, 0.15) is 31.7 Å². The van der Waals surface area contributed by atoms with Crippen molar-refractivity contribution in [1.82, 2.24) is 19.7 Å². The van der Waals surface area contributed by atoms with Crippen LogP contribution in [0, 0.1) is 23.2 Å². The second kappa shape index (κ2) is 8.07. The molecule has 0 radical (unpaired) electrons. The van der Waals surface area contributed by atoms with E-state index in [0.29, 0.717) is 24.1 Å². The Kier molecular flexibility index (Phi) is 5.35. The fourth-order valence-electron chi connectivity index (χ4n) is 3.74. The van der Waals surface area contributed by atoms with Crippen molar-refractivity contribution < 1.29 is 4.42 Å². The summed E-state index contributed by atoms with van der Waals surface area (Å²) in [4.78, 5) is 6.67. The highest BCUT2D eigenvalue weighted by molar-refractivity contribution is 7.99. The third-order valence-electron chi connectivity index (χ3n) is 4.78. The summed E-state index contributed by atoms with van der Waals surface area (Å²) in [6, 6.07) is 11.3. The van der Waals surface area contributed by atoms with E-state index in [0.717, 1.165) is 35.0 Å². The first-order valence-electron chi connectivity index (χ1n) is 9.38.